The number of ether oxygens (including phenoxy) is 1. The fraction of sp³-hybridized carbons (Fsp3) is 0.529. The van der Waals surface area contributed by atoms with Gasteiger partial charge in [0.05, 0.1) is 12.2 Å². The lowest BCUT2D eigenvalue weighted by Crippen LogP contribution is -2.30. The zero-order valence-electron chi connectivity index (χ0n) is 14.0. The predicted octanol–water partition coefficient (Wildman–Crippen LogP) is 1.40. The van der Waals surface area contributed by atoms with Crippen LogP contribution in [0, 0.1) is 12.8 Å². The van der Waals surface area contributed by atoms with E-state index in [1.165, 1.54) is 17.7 Å². The highest BCUT2D eigenvalue weighted by Crippen LogP contribution is 2.27. The Kier molecular flexibility index (Phi) is 5.98. The van der Waals surface area contributed by atoms with Crippen LogP contribution in [0.4, 0.5) is 5.69 Å². The SMILES string of the molecule is Cc1ccc(NC(=O)CNCC2CC2)c(OCC(=O)N(C)C)c1. The molecule has 0 unspecified atom stereocenters. The molecule has 6 nitrogen and oxygen atoms in total. The van der Waals surface area contributed by atoms with Gasteiger partial charge in [0.15, 0.2) is 6.61 Å². The summed E-state index contributed by atoms with van der Waals surface area (Å²) in [5.41, 5.74) is 1.59. The summed E-state index contributed by atoms with van der Waals surface area (Å²) in [6.45, 7) is 3.05. The monoisotopic (exact) mass is 319 g/mol. The molecule has 1 aliphatic rings. The summed E-state index contributed by atoms with van der Waals surface area (Å²) in [5.74, 6) is 1.00. The molecule has 6 heteroatoms. The number of nitrogens with one attached hydrogen (secondary N) is 2. The maximum Gasteiger partial charge on any atom is 0.259 e. The van der Waals surface area contributed by atoms with E-state index in [2.05, 4.69) is 10.6 Å². The molecule has 1 fully saturated rings. The van der Waals surface area contributed by atoms with Crippen LogP contribution in [0.5, 0.6) is 5.75 Å². The number of likely N-dealkylation sites (N-methyl/N-ethyl adjacent to an activating group) is 1. The Balaban J connectivity index is 1.90. The second-order valence-electron chi connectivity index (χ2n) is 6.20. The van der Waals surface area contributed by atoms with Crippen molar-refractivity contribution < 1.29 is 14.3 Å². The van der Waals surface area contributed by atoms with Gasteiger partial charge in [-0.3, -0.25) is 9.59 Å². The Morgan fingerprint density at radius 2 is 2.04 bits per heavy atom. The smallest absolute Gasteiger partial charge is 0.259 e. The summed E-state index contributed by atoms with van der Waals surface area (Å²) in [4.78, 5) is 25.1. The fourth-order valence-corrected chi connectivity index (χ4v) is 2.03. The third-order valence-electron chi connectivity index (χ3n) is 3.68. The van der Waals surface area contributed by atoms with Crippen LogP contribution in [0.1, 0.15) is 18.4 Å². The molecule has 0 aliphatic heterocycles. The minimum absolute atomic E-state index is 0.0563. The van der Waals surface area contributed by atoms with E-state index < -0.39 is 0 Å². The first-order chi connectivity index (χ1) is 11.0. The van der Waals surface area contributed by atoms with Gasteiger partial charge in [-0.25, -0.2) is 0 Å². The number of carbonyl (C=O) groups excluding carboxylic acids is 2. The molecule has 0 bridgehead atoms. The van der Waals surface area contributed by atoms with Crippen LogP contribution in [-0.2, 0) is 9.59 Å². The van der Waals surface area contributed by atoms with Gasteiger partial charge in [-0.05, 0) is 49.9 Å². The Labute approximate surface area is 137 Å². The summed E-state index contributed by atoms with van der Waals surface area (Å²) >= 11 is 0. The molecule has 0 aromatic heterocycles. The molecular formula is C17H25N3O3. The number of rotatable bonds is 8. The van der Waals surface area contributed by atoms with Crippen molar-refractivity contribution in [1.29, 1.82) is 0 Å². The molecule has 1 aromatic rings. The number of carbonyl (C=O) groups is 2. The maximum atomic E-state index is 12.0. The molecule has 0 atom stereocenters. The summed E-state index contributed by atoms with van der Waals surface area (Å²) in [6.07, 6.45) is 2.51. The third kappa shape index (κ3) is 5.90. The quantitative estimate of drug-likeness (QED) is 0.760. The zero-order valence-corrected chi connectivity index (χ0v) is 14.0. The molecule has 0 spiro atoms. The molecule has 1 aliphatic carbocycles. The summed E-state index contributed by atoms with van der Waals surface area (Å²) in [7, 11) is 3.35. The Morgan fingerprint density at radius 1 is 1.30 bits per heavy atom. The van der Waals surface area contributed by atoms with Gasteiger partial charge in [0.1, 0.15) is 5.75 Å². The van der Waals surface area contributed by atoms with Crippen LogP contribution in [0.3, 0.4) is 0 Å². The number of hydrogen-bond acceptors (Lipinski definition) is 4. The van der Waals surface area contributed by atoms with Gasteiger partial charge < -0.3 is 20.3 Å². The van der Waals surface area contributed by atoms with Gasteiger partial charge in [0, 0.05) is 14.1 Å². The number of nitrogens with zero attached hydrogens (tertiary/aromatic N) is 1. The Morgan fingerprint density at radius 3 is 2.70 bits per heavy atom. The summed E-state index contributed by atoms with van der Waals surface area (Å²) < 4.78 is 5.57. The normalized spacial score (nSPS) is 13.5. The van der Waals surface area contributed by atoms with Crippen LogP contribution >= 0.6 is 0 Å². The van der Waals surface area contributed by atoms with Crippen LogP contribution in [0.15, 0.2) is 18.2 Å². The molecule has 2 amide bonds. The average molecular weight is 319 g/mol. The standard InChI is InChI=1S/C17H25N3O3/c1-12-4-7-14(15(8-12)23-11-17(22)20(2)3)19-16(21)10-18-9-13-5-6-13/h4,7-8,13,18H,5-6,9-11H2,1-3H3,(H,19,21). The first kappa shape index (κ1) is 17.3. The second-order valence-corrected chi connectivity index (χ2v) is 6.20. The largest absolute Gasteiger partial charge is 0.482 e. The van der Waals surface area contributed by atoms with Gasteiger partial charge >= 0.3 is 0 Å². The van der Waals surface area contributed by atoms with E-state index in [4.69, 9.17) is 4.74 Å². The molecule has 23 heavy (non-hydrogen) atoms. The van der Waals surface area contributed by atoms with Crippen molar-refractivity contribution in [3.63, 3.8) is 0 Å². The highest BCUT2D eigenvalue weighted by Gasteiger charge is 2.20. The maximum absolute atomic E-state index is 12.0. The lowest BCUT2D eigenvalue weighted by atomic mass is 10.2. The van der Waals surface area contributed by atoms with E-state index in [1.54, 1.807) is 20.2 Å². The van der Waals surface area contributed by atoms with Gasteiger partial charge in [0.2, 0.25) is 5.91 Å². The van der Waals surface area contributed by atoms with Crippen LogP contribution in [0.25, 0.3) is 0 Å². The minimum atomic E-state index is -0.130. The second kappa shape index (κ2) is 7.97. The van der Waals surface area contributed by atoms with Gasteiger partial charge in [-0.1, -0.05) is 6.07 Å². The highest BCUT2D eigenvalue weighted by atomic mass is 16.5. The Hall–Kier alpha value is -2.08. The van der Waals surface area contributed by atoms with Crippen molar-refractivity contribution in [3.05, 3.63) is 23.8 Å². The average Bonchev–Trinajstić information content (AvgIpc) is 3.31. The number of amides is 2. The number of anilines is 1. The fourth-order valence-electron chi connectivity index (χ4n) is 2.03. The van der Waals surface area contributed by atoms with Gasteiger partial charge in [-0.2, -0.15) is 0 Å². The molecule has 0 heterocycles. The van der Waals surface area contributed by atoms with Crippen molar-refractivity contribution in [2.24, 2.45) is 5.92 Å². The lowest BCUT2D eigenvalue weighted by molar-refractivity contribution is -0.130. The first-order valence-electron chi connectivity index (χ1n) is 7.90. The topological polar surface area (TPSA) is 70.7 Å². The number of benzene rings is 1. The molecular weight excluding hydrogens is 294 g/mol. The van der Waals surface area contributed by atoms with Crippen LogP contribution in [-0.4, -0.2) is 50.5 Å². The van der Waals surface area contributed by atoms with E-state index >= 15 is 0 Å². The van der Waals surface area contributed by atoms with Crippen molar-refractivity contribution in [2.75, 3.05) is 39.1 Å². The van der Waals surface area contributed by atoms with E-state index in [9.17, 15) is 9.59 Å². The molecule has 2 rings (SSSR count). The van der Waals surface area contributed by atoms with E-state index in [0.29, 0.717) is 11.4 Å². The zero-order chi connectivity index (χ0) is 16.8. The lowest BCUT2D eigenvalue weighted by Gasteiger charge is -2.15. The molecule has 0 saturated heterocycles. The van der Waals surface area contributed by atoms with E-state index in [0.717, 1.165) is 18.0 Å². The minimum Gasteiger partial charge on any atom is -0.482 e. The molecule has 126 valence electrons. The molecule has 1 aromatic carbocycles. The third-order valence-corrected chi connectivity index (χ3v) is 3.68. The highest BCUT2D eigenvalue weighted by molar-refractivity contribution is 5.93. The molecule has 2 N–H and O–H groups in total. The van der Waals surface area contributed by atoms with Crippen molar-refractivity contribution in [1.82, 2.24) is 10.2 Å². The van der Waals surface area contributed by atoms with Crippen molar-refractivity contribution in [3.8, 4) is 5.75 Å². The van der Waals surface area contributed by atoms with Crippen molar-refractivity contribution in [2.45, 2.75) is 19.8 Å². The summed E-state index contributed by atoms with van der Waals surface area (Å²) in [5, 5.41) is 5.98. The molecule has 1 saturated carbocycles. The summed E-state index contributed by atoms with van der Waals surface area (Å²) in [6, 6.07) is 5.51. The Bertz CT molecular complexity index is 568. The van der Waals surface area contributed by atoms with Crippen LogP contribution < -0.4 is 15.4 Å². The van der Waals surface area contributed by atoms with Crippen LogP contribution in [0.2, 0.25) is 0 Å². The van der Waals surface area contributed by atoms with Gasteiger partial charge in [-0.15, -0.1) is 0 Å². The van der Waals surface area contributed by atoms with E-state index in [1.807, 2.05) is 19.1 Å². The van der Waals surface area contributed by atoms with E-state index in [-0.39, 0.29) is 25.0 Å². The molecule has 0 radical (unpaired) electrons. The predicted molar refractivity (Wildman–Crippen MR) is 89.6 cm³/mol. The number of aryl methyl sites for hydroxylation is 1. The first-order valence-corrected chi connectivity index (χ1v) is 7.90. The van der Waals surface area contributed by atoms with Gasteiger partial charge in [0.25, 0.3) is 5.91 Å². The van der Waals surface area contributed by atoms with Crippen molar-refractivity contribution >= 4 is 17.5 Å². The number of hydrogen-bond donors (Lipinski definition) is 2.